The first-order valence-electron chi connectivity index (χ1n) is 10.4. The highest BCUT2D eigenvalue weighted by Gasteiger charge is 2.27. The van der Waals surface area contributed by atoms with Gasteiger partial charge in [0.25, 0.3) is 5.91 Å². The number of hydrogen-bond donors (Lipinski definition) is 3. The second-order valence-electron chi connectivity index (χ2n) is 7.95. The molecule has 8 heteroatoms. The van der Waals surface area contributed by atoms with Crippen molar-refractivity contribution in [1.82, 2.24) is 14.9 Å². The molecule has 1 aliphatic rings. The molecular weight excluding hydrogens is 399 g/mol. The Labute approximate surface area is 179 Å². The van der Waals surface area contributed by atoms with Crippen molar-refractivity contribution >= 4 is 28.8 Å². The summed E-state index contributed by atoms with van der Waals surface area (Å²) in [5, 5.41) is 15.4. The molecule has 0 bridgehead atoms. The minimum absolute atomic E-state index is 0.0311. The van der Waals surface area contributed by atoms with E-state index in [1.165, 1.54) is 31.2 Å². The van der Waals surface area contributed by atoms with Crippen LogP contribution in [0.3, 0.4) is 0 Å². The van der Waals surface area contributed by atoms with Crippen LogP contribution in [0.15, 0.2) is 42.5 Å². The molecule has 1 fully saturated rings. The number of halogens is 1. The molecule has 162 valence electrons. The molecule has 1 heterocycles. The molecule has 2 aromatic carbocycles. The SMILES string of the molecule is CC(=O)NC1CCC(n2c(NC(=O)c3ccc(F)cc3)nc3ccc(CO)cc32)CC1. The normalized spacial score (nSPS) is 18.7. The molecule has 1 saturated carbocycles. The fourth-order valence-electron chi connectivity index (χ4n) is 4.24. The molecule has 3 N–H and O–H groups in total. The number of imidazole rings is 1. The average molecular weight is 424 g/mol. The van der Waals surface area contributed by atoms with E-state index in [4.69, 9.17) is 0 Å². The lowest BCUT2D eigenvalue weighted by Gasteiger charge is -2.31. The molecule has 4 rings (SSSR count). The fourth-order valence-corrected chi connectivity index (χ4v) is 4.24. The number of hydrogen-bond acceptors (Lipinski definition) is 4. The maximum atomic E-state index is 13.2. The first-order valence-corrected chi connectivity index (χ1v) is 10.4. The van der Waals surface area contributed by atoms with Gasteiger partial charge in [0.15, 0.2) is 0 Å². The molecule has 0 saturated heterocycles. The third-order valence-corrected chi connectivity index (χ3v) is 5.74. The van der Waals surface area contributed by atoms with Crippen LogP contribution >= 0.6 is 0 Å². The zero-order valence-corrected chi connectivity index (χ0v) is 17.3. The number of carbonyl (C=O) groups is 2. The van der Waals surface area contributed by atoms with Crippen molar-refractivity contribution in [1.29, 1.82) is 0 Å². The van der Waals surface area contributed by atoms with Gasteiger partial charge in [0.1, 0.15) is 5.82 Å². The lowest BCUT2D eigenvalue weighted by atomic mass is 9.90. The van der Waals surface area contributed by atoms with Crippen molar-refractivity contribution in [2.45, 2.75) is 51.3 Å². The highest BCUT2D eigenvalue weighted by molar-refractivity contribution is 6.04. The number of carbonyl (C=O) groups excluding carboxylic acids is 2. The maximum absolute atomic E-state index is 13.2. The van der Waals surface area contributed by atoms with Gasteiger partial charge in [-0.25, -0.2) is 9.37 Å². The summed E-state index contributed by atoms with van der Waals surface area (Å²) in [6.07, 6.45) is 3.29. The van der Waals surface area contributed by atoms with Crippen LogP contribution in [0.25, 0.3) is 11.0 Å². The molecule has 0 spiro atoms. The van der Waals surface area contributed by atoms with Gasteiger partial charge in [0.05, 0.1) is 17.6 Å². The Bertz CT molecular complexity index is 1100. The van der Waals surface area contributed by atoms with Crippen LogP contribution in [0.4, 0.5) is 10.3 Å². The molecule has 0 atom stereocenters. The van der Waals surface area contributed by atoms with E-state index in [9.17, 15) is 19.1 Å². The number of benzene rings is 2. The Kier molecular flexibility index (Phi) is 5.99. The lowest BCUT2D eigenvalue weighted by Crippen LogP contribution is -2.36. The largest absolute Gasteiger partial charge is 0.392 e. The third kappa shape index (κ3) is 4.59. The predicted octanol–water partition coefficient (Wildman–Crippen LogP) is 3.54. The van der Waals surface area contributed by atoms with Crippen LogP contribution in [0.5, 0.6) is 0 Å². The predicted molar refractivity (Wildman–Crippen MR) is 115 cm³/mol. The van der Waals surface area contributed by atoms with Gasteiger partial charge in [0.2, 0.25) is 11.9 Å². The van der Waals surface area contributed by atoms with Crippen LogP contribution in [0, 0.1) is 5.82 Å². The van der Waals surface area contributed by atoms with Crippen molar-refractivity contribution in [2.24, 2.45) is 0 Å². The molecule has 2 amide bonds. The summed E-state index contributed by atoms with van der Waals surface area (Å²) in [6, 6.07) is 11.1. The Balaban J connectivity index is 1.65. The summed E-state index contributed by atoms with van der Waals surface area (Å²) in [6.45, 7) is 1.43. The van der Waals surface area contributed by atoms with Gasteiger partial charge >= 0.3 is 0 Å². The number of fused-ring (bicyclic) bond motifs is 1. The van der Waals surface area contributed by atoms with Gasteiger partial charge in [-0.3, -0.25) is 14.9 Å². The zero-order chi connectivity index (χ0) is 22.0. The van der Waals surface area contributed by atoms with E-state index in [2.05, 4.69) is 15.6 Å². The van der Waals surface area contributed by atoms with Crippen LogP contribution in [-0.4, -0.2) is 32.5 Å². The number of nitrogens with one attached hydrogen (secondary N) is 2. The Morgan fingerprint density at radius 1 is 1.13 bits per heavy atom. The van der Waals surface area contributed by atoms with Crippen molar-refractivity contribution in [3.8, 4) is 0 Å². The number of anilines is 1. The maximum Gasteiger partial charge on any atom is 0.257 e. The highest BCUT2D eigenvalue weighted by atomic mass is 19.1. The van der Waals surface area contributed by atoms with E-state index in [1.807, 2.05) is 16.7 Å². The number of amides is 2. The van der Waals surface area contributed by atoms with Gasteiger partial charge in [-0.2, -0.15) is 0 Å². The molecule has 3 aromatic rings. The number of nitrogens with zero attached hydrogens (tertiary/aromatic N) is 2. The van der Waals surface area contributed by atoms with E-state index in [0.717, 1.165) is 42.3 Å². The Morgan fingerprint density at radius 2 is 1.84 bits per heavy atom. The number of aliphatic hydroxyl groups is 1. The smallest absolute Gasteiger partial charge is 0.257 e. The van der Waals surface area contributed by atoms with Crippen molar-refractivity contribution < 1.29 is 19.1 Å². The Morgan fingerprint density at radius 3 is 2.48 bits per heavy atom. The Hall–Kier alpha value is -3.26. The topological polar surface area (TPSA) is 96.3 Å². The summed E-state index contributed by atoms with van der Waals surface area (Å²) in [4.78, 5) is 28.8. The summed E-state index contributed by atoms with van der Waals surface area (Å²) >= 11 is 0. The highest BCUT2D eigenvalue weighted by Crippen LogP contribution is 2.35. The minimum atomic E-state index is -0.406. The van der Waals surface area contributed by atoms with Crippen LogP contribution in [0.1, 0.15) is 54.6 Å². The zero-order valence-electron chi connectivity index (χ0n) is 17.3. The third-order valence-electron chi connectivity index (χ3n) is 5.74. The molecule has 1 aliphatic carbocycles. The van der Waals surface area contributed by atoms with Crippen LogP contribution in [0.2, 0.25) is 0 Å². The first kappa shape index (κ1) is 21.0. The molecule has 31 heavy (non-hydrogen) atoms. The first-order chi connectivity index (χ1) is 14.9. The number of rotatable bonds is 5. The van der Waals surface area contributed by atoms with Crippen molar-refractivity contribution in [3.63, 3.8) is 0 Å². The molecule has 0 unspecified atom stereocenters. The summed E-state index contributed by atoms with van der Waals surface area (Å²) in [5.41, 5.74) is 2.65. The van der Waals surface area contributed by atoms with E-state index >= 15 is 0 Å². The van der Waals surface area contributed by atoms with Gasteiger partial charge in [-0.15, -0.1) is 0 Å². The average Bonchev–Trinajstić information content (AvgIpc) is 3.11. The van der Waals surface area contributed by atoms with E-state index in [-0.39, 0.29) is 30.5 Å². The number of aromatic nitrogens is 2. The monoisotopic (exact) mass is 424 g/mol. The lowest BCUT2D eigenvalue weighted by molar-refractivity contribution is -0.119. The standard InChI is InChI=1S/C23H25FN4O3/c1-14(30)25-18-7-9-19(10-8-18)28-21-12-15(13-29)2-11-20(21)26-23(28)27-22(31)16-3-5-17(24)6-4-16/h2-6,11-12,18-19,29H,7-10,13H2,1H3,(H,25,30)(H,26,27,31). The quantitative estimate of drug-likeness (QED) is 0.584. The van der Waals surface area contributed by atoms with Gasteiger partial charge in [-0.1, -0.05) is 6.07 Å². The van der Waals surface area contributed by atoms with E-state index in [0.29, 0.717) is 11.5 Å². The molecular formula is C23H25FN4O3. The second-order valence-corrected chi connectivity index (χ2v) is 7.95. The minimum Gasteiger partial charge on any atom is -0.392 e. The molecule has 7 nitrogen and oxygen atoms in total. The van der Waals surface area contributed by atoms with Gasteiger partial charge in [0, 0.05) is 24.6 Å². The van der Waals surface area contributed by atoms with Gasteiger partial charge in [-0.05, 0) is 67.6 Å². The summed E-state index contributed by atoms with van der Waals surface area (Å²) in [7, 11) is 0. The van der Waals surface area contributed by atoms with Crippen LogP contribution in [-0.2, 0) is 11.4 Å². The van der Waals surface area contributed by atoms with Crippen molar-refractivity contribution in [2.75, 3.05) is 5.32 Å². The molecule has 0 aliphatic heterocycles. The van der Waals surface area contributed by atoms with Gasteiger partial charge < -0.3 is 15.0 Å². The molecule has 1 aromatic heterocycles. The summed E-state index contributed by atoms with van der Waals surface area (Å²) in [5.74, 6) is -0.388. The van der Waals surface area contributed by atoms with Crippen molar-refractivity contribution in [3.05, 3.63) is 59.4 Å². The fraction of sp³-hybridized carbons (Fsp3) is 0.348. The van der Waals surface area contributed by atoms with E-state index in [1.54, 1.807) is 6.07 Å². The summed E-state index contributed by atoms with van der Waals surface area (Å²) < 4.78 is 15.2. The number of aliphatic hydroxyl groups excluding tert-OH is 1. The van der Waals surface area contributed by atoms with E-state index < -0.39 is 5.82 Å². The van der Waals surface area contributed by atoms with Crippen LogP contribution < -0.4 is 10.6 Å². The molecule has 0 radical (unpaired) electrons. The second kappa shape index (κ2) is 8.85.